The number of hydrogen-bond acceptors (Lipinski definition) is 6. The number of carbonyl (C=O) groups is 2. The molecule has 0 spiro atoms. The van der Waals surface area contributed by atoms with Crippen LogP contribution in [0.25, 0.3) is 22.0 Å². The van der Waals surface area contributed by atoms with Gasteiger partial charge in [-0.15, -0.1) is 0 Å². The van der Waals surface area contributed by atoms with Crippen LogP contribution in [0.5, 0.6) is 11.5 Å². The summed E-state index contributed by atoms with van der Waals surface area (Å²) in [6.07, 6.45) is 1.56. The van der Waals surface area contributed by atoms with E-state index < -0.39 is 11.5 Å². The first-order chi connectivity index (χ1) is 16.0. The third-order valence-corrected chi connectivity index (χ3v) is 5.65. The highest BCUT2D eigenvalue weighted by Gasteiger charge is 2.34. The van der Waals surface area contributed by atoms with Crippen molar-refractivity contribution in [1.82, 2.24) is 9.66 Å². The Bertz CT molecular complexity index is 1490. The molecule has 5 rings (SSSR count). The van der Waals surface area contributed by atoms with Crippen LogP contribution >= 0.6 is 0 Å². The Morgan fingerprint density at radius 3 is 2.42 bits per heavy atom. The molecule has 0 fully saturated rings. The van der Waals surface area contributed by atoms with Crippen LogP contribution in [-0.2, 0) is 11.2 Å². The first kappa shape index (κ1) is 20.4. The second kappa shape index (κ2) is 7.90. The van der Waals surface area contributed by atoms with Gasteiger partial charge in [0.15, 0.2) is 17.3 Å². The van der Waals surface area contributed by atoms with Gasteiger partial charge in [-0.1, -0.05) is 30.3 Å². The third-order valence-electron chi connectivity index (χ3n) is 5.65. The normalized spacial score (nSPS) is 11.8. The zero-order valence-corrected chi connectivity index (χ0v) is 17.9. The third kappa shape index (κ3) is 3.15. The Morgan fingerprint density at radius 2 is 1.73 bits per heavy atom. The van der Waals surface area contributed by atoms with Gasteiger partial charge >= 0.3 is 0 Å². The number of pyridine rings is 2. The SMILES string of the molecule is COc1ccc2c3c(n(NC(=O)Cc4ccccn4)c(=O)c2c1OC)-c1ccccc1C3=O. The maximum absolute atomic E-state index is 13.7. The Labute approximate surface area is 188 Å². The fourth-order valence-corrected chi connectivity index (χ4v) is 4.25. The van der Waals surface area contributed by atoms with Crippen molar-refractivity contribution in [3.8, 4) is 22.8 Å². The van der Waals surface area contributed by atoms with Crippen LogP contribution in [0, 0.1) is 0 Å². The van der Waals surface area contributed by atoms with Crippen LogP contribution in [0.4, 0.5) is 0 Å². The molecule has 1 N–H and O–H groups in total. The van der Waals surface area contributed by atoms with E-state index in [1.165, 1.54) is 14.2 Å². The summed E-state index contributed by atoms with van der Waals surface area (Å²) in [7, 11) is 2.88. The molecule has 0 bridgehead atoms. The molecule has 2 aromatic heterocycles. The molecule has 0 saturated carbocycles. The molecule has 8 nitrogen and oxygen atoms in total. The van der Waals surface area contributed by atoms with Crippen LogP contribution in [0.15, 0.2) is 65.6 Å². The molecule has 0 aliphatic heterocycles. The Morgan fingerprint density at radius 1 is 0.970 bits per heavy atom. The van der Waals surface area contributed by atoms with Gasteiger partial charge in [-0.2, -0.15) is 0 Å². The zero-order valence-electron chi connectivity index (χ0n) is 17.9. The van der Waals surface area contributed by atoms with E-state index >= 15 is 0 Å². The van der Waals surface area contributed by atoms with Crippen LogP contribution in [0.2, 0.25) is 0 Å². The summed E-state index contributed by atoms with van der Waals surface area (Å²) in [4.78, 5) is 44.2. The second-order valence-corrected chi connectivity index (χ2v) is 7.50. The van der Waals surface area contributed by atoms with E-state index in [-0.39, 0.29) is 23.3 Å². The highest BCUT2D eigenvalue weighted by Crippen LogP contribution is 2.42. The van der Waals surface area contributed by atoms with E-state index in [4.69, 9.17) is 9.47 Å². The van der Waals surface area contributed by atoms with E-state index in [2.05, 4.69) is 10.4 Å². The molecule has 0 unspecified atom stereocenters. The summed E-state index contributed by atoms with van der Waals surface area (Å²) >= 11 is 0. The average molecular weight is 441 g/mol. The van der Waals surface area contributed by atoms with Gasteiger partial charge < -0.3 is 9.47 Å². The summed E-state index contributed by atoms with van der Waals surface area (Å²) in [5.41, 5.74) is 4.40. The maximum Gasteiger partial charge on any atom is 0.281 e. The van der Waals surface area contributed by atoms with Gasteiger partial charge in [0.1, 0.15) is 0 Å². The van der Waals surface area contributed by atoms with Crippen LogP contribution in [0.1, 0.15) is 21.6 Å². The second-order valence-electron chi connectivity index (χ2n) is 7.50. The monoisotopic (exact) mass is 441 g/mol. The van der Waals surface area contributed by atoms with Crippen molar-refractivity contribution >= 4 is 22.5 Å². The van der Waals surface area contributed by atoms with Crippen LogP contribution < -0.4 is 20.5 Å². The minimum Gasteiger partial charge on any atom is -0.493 e. The van der Waals surface area contributed by atoms with E-state index in [1.807, 2.05) is 0 Å². The lowest BCUT2D eigenvalue weighted by atomic mass is 10.0. The fraction of sp³-hybridized carbons (Fsp3) is 0.120. The van der Waals surface area contributed by atoms with Gasteiger partial charge in [0.05, 0.1) is 37.3 Å². The number of aromatic nitrogens is 2. The standard InChI is InChI=1S/C25H19N3O5/c1-32-18-11-10-17-20-22(15-8-3-4-9-16(15)23(20)30)28(25(31)21(17)24(18)33-2)27-19(29)13-14-7-5-6-12-26-14/h3-12H,13H2,1-2H3,(H,27,29). The number of rotatable bonds is 5. The van der Waals surface area contributed by atoms with Crippen molar-refractivity contribution in [2.24, 2.45) is 0 Å². The summed E-state index contributed by atoms with van der Waals surface area (Å²) < 4.78 is 12.0. The van der Waals surface area contributed by atoms with Crippen molar-refractivity contribution in [1.29, 1.82) is 0 Å². The Balaban J connectivity index is 1.78. The molecular weight excluding hydrogens is 422 g/mol. The van der Waals surface area contributed by atoms with Gasteiger partial charge in [0.2, 0.25) is 5.91 Å². The highest BCUT2D eigenvalue weighted by molar-refractivity contribution is 6.27. The molecule has 0 saturated heterocycles. The number of nitrogens with zero attached hydrogens (tertiary/aromatic N) is 2. The predicted molar refractivity (Wildman–Crippen MR) is 122 cm³/mol. The minimum atomic E-state index is -0.529. The number of fused-ring (bicyclic) bond motifs is 5. The lowest BCUT2D eigenvalue weighted by Gasteiger charge is -2.18. The van der Waals surface area contributed by atoms with Gasteiger partial charge in [0, 0.05) is 28.4 Å². The number of hydrogen-bond donors (Lipinski definition) is 1. The number of carbonyl (C=O) groups excluding carboxylic acids is 2. The summed E-state index contributed by atoms with van der Waals surface area (Å²) in [6, 6.07) is 15.6. The van der Waals surface area contributed by atoms with E-state index in [0.29, 0.717) is 39.2 Å². The number of amides is 1. The van der Waals surface area contributed by atoms with Crippen molar-refractivity contribution in [2.75, 3.05) is 19.6 Å². The number of methoxy groups -OCH3 is 2. The smallest absolute Gasteiger partial charge is 0.281 e. The maximum atomic E-state index is 13.7. The molecule has 2 aromatic carbocycles. The van der Waals surface area contributed by atoms with Gasteiger partial charge in [-0.05, 0) is 24.3 Å². The molecule has 8 heteroatoms. The van der Waals surface area contributed by atoms with Crippen molar-refractivity contribution in [2.45, 2.75) is 6.42 Å². The lowest BCUT2D eigenvalue weighted by molar-refractivity contribution is -0.116. The molecule has 2 heterocycles. The number of ketones is 1. The van der Waals surface area contributed by atoms with Gasteiger partial charge in [-0.25, -0.2) is 4.68 Å². The molecule has 1 amide bonds. The first-order valence-corrected chi connectivity index (χ1v) is 10.2. The summed E-state index contributed by atoms with van der Waals surface area (Å²) in [6.45, 7) is 0. The average Bonchev–Trinajstić information content (AvgIpc) is 3.14. The molecule has 164 valence electrons. The van der Waals surface area contributed by atoms with Gasteiger partial charge in [0.25, 0.3) is 5.56 Å². The highest BCUT2D eigenvalue weighted by atomic mass is 16.5. The van der Waals surface area contributed by atoms with E-state index in [9.17, 15) is 14.4 Å². The van der Waals surface area contributed by atoms with Crippen molar-refractivity contribution in [3.05, 3.63) is 88.0 Å². The topological polar surface area (TPSA) is 99.5 Å². The largest absolute Gasteiger partial charge is 0.493 e. The van der Waals surface area contributed by atoms with E-state index in [0.717, 1.165) is 4.68 Å². The van der Waals surface area contributed by atoms with Crippen LogP contribution in [-0.4, -0.2) is 35.6 Å². The Hall–Kier alpha value is -4.46. The Kier molecular flexibility index (Phi) is 4.90. The lowest BCUT2D eigenvalue weighted by Crippen LogP contribution is -2.36. The number of ether oxygens (including phenoxy) is 2. The molecule has 4 aromatic rings. The number of nitrogens with one attached hydrogen (secondary N) is 1. The first-order valence-electron chi connectivity index (χ1n) is 10.2. The van der Waals surface area contributed by atoms with Crippen molar-refractivity contribution < 1.29 is 19.1 Å². The zero-order chi connectivity index (χ0) is 23.1. The van der Waals surface area contributed by atoms with Crippen LogP contribution in [0.3, 0.4) is 0 Å². The molecule has 1 aliphatic rings. The summed E-state index contributed by atoms with van der Waals surface area (Å²) in [5.74, 6) is -0.141. The van der Waals surface area contributed by atoms with Gasteiger partial charge in [-0.3, -0.25) is 24.8 Å². The predicted octanol–water partition coefficient (Wildman–Crippen LogP) is 2.94. The summed E-state index contributed by atoms with van der Waals surface area (Å²) in [5, 5.41) is 0.582. The molecule has 0 atom stereocenters. The molecule has 1 aliphatic carbocycles. The minimum absolute atomic E-state index is 0.0368. The fourth-order valence-electron chi connectivity index (χ4n) is 4.25. The van der Waals surface area contributed by atoms with E-state index in [1.54, 1.807) is 60.8 Å². The molecule has 33 heavy (non-hydrogen) atoms. The quantitative estimate of drug-likeness (QED) is 0.450. The molecular formula is C25H19N3O5. The van der Waals surface area contributed by atoms with Crippen molar-refractivity contribution in [3.63, 3.8) is 0 Å². The molecule has 0 radical (unpaired) electrons. The number of benzene rings is 2.